The largest absolute Gasteiger partial charge is 0.292 e. The molecule has 68 heavy (non-hydrogen) atoms. The van der Waals surface area contributed by atoms with Crippen molar-refractivity contribution in [1.82, 2.24) is 39.0 Å². The lowest BCUT2D eigenvalue weighted by atomic mass is 9.99. The van der Waals surface area contributed by atoms with Gasteiger partial charge in [0.15, 0.2) is 0 Å². The summed E-state index contributed by atoms with van der Waals surface area (Å²) in [5, 5.41) is 0. The molecule has 0 saturated carbocycles. The van der Waals surface area contributed by atoms with Crippen LogP contribution in [0, 0.1) is 0 Å². The Labute approximate surface area is 391 Å². The molecule has 0 amide bonds. The molecule has 0 unspecified atom stereocenters. The van der Waals surface area contributed by atoms with Gasteiger partial charge in [-0.3, -0.25) is 9.13 Å². The molecule has 0 spiro atoms. The van der Waals surface area contributed by atoms with E-state index >= 15 is 0 Å². The number of benzene rings is 9. The summed E-state index contributed by atoms with van der Waals surface area (Å²) in [6, 6.07) is 78.8. The van der Waals surface area contributed by atoms with Crippen molar-refractivity contribution < 1.29 is 0 Å². The maximum Gasteiger partial charge on any atom is 0.145 e. The van der Waals surface area contributed by atoms with Gasteiger partial charge in [-0.1, -0.05) is 146 Å². The highest BCUT2D eigenvalue weighted by Crippen LogP contribution is 2.38. The fraction of sp³-hybridized carbons (Fsp3) is 0. The molecule has 318 valence electrons. The van der Waals surface area contributed by atoms with Crippen molar-refractivity contribution in [2.45, 2.75) is 0 Å². The monoisotopic (exact) mass is 870 g/mol. The van der Waals surface area contributed by atoms with Crippen LogP contribution in [0.15, 0.2) is 231 Å². The predicted octanol–water partition coefficient (Wildman–Crippen LogP) is 14.3. The summed E-state index contributed by atoms with van der Waals surface area (Å²) in [5.41, 5.74) is 18.1. The summed E-state index contributed by atoms with van der Waals surface area (Å²) in [6.45, 7) is 0. The first-order valence-electron chi connectivity index (χ1n) is 22.6. The quantitative estimate of drug-likeness (QED) is 0.151. The van der Waals surface area contributed by atoms with Crippen LogP contribution < -0.4 is 0 Å². The van der Waals surface area contributed by atoms with E-state index < -0.39 is 0 Å². The Bertz CT molecular complexity index is 4000. The fourth-order valence-corrected chi connectivity index (χ4v) is 9.29. The predicted molar refractivity (Wildman–Crippen MR) is 275 cm³/mol. The summed E-state index contributed by atoms with van der Waals surface area (Å²) in [4.78, 5) is 31.7. The summed E-state index contributed by atoms with van der Waals surface area (Å²) in [7, 11) is 0. The van der Waals surface area contributed by atoms with Gasteiger partial charge in [-0.15, -0.1) is 0 Å². The number of fused-ring (bicyclic) bond motifs is 4. The van der Waals surface area contributed by atoms with Crippen molar-refractivity contribution in [2.75, 3.05) is 0 Å². The van der Waals surface area contributed by atoms with Crippen molar-refractivity contribution >= 4 is 44.1 Å². The minimum atomic E-state index is 0.776. The molecule has 4 heterocycles. The lowest BCUT2D eigenvalue weighted by Crippen LogP contribution is -1.99. The molecule has 0 aliphatic rings. The van der Waals surface area contributed by atoms with Gasteiger partial charge in [0.2, 0.25) is 0 Å². The van der Waals surface area contributed by atoms with Crippen molar-refractivity contribution in [3.8, 4) is 79.2 Å². The van der Waals surface area contributed by atoms with Crippen LogP contribution in [-0.2, 0) is 0 Å². The van der Waals surface area contributed by atoms with Gasteiger partial charge in [-0.2, -0.15) is 0 Å². The van der Waals surface area contributed by atoms with Crippen molar-refractivity contribution in [2.24, 2.45) is 0 Å². The molecule has 0 radical (unpaired) electrons. The van der Waals surface area contributed by atoms with Crippen LogP contribution >= 0.6 is 0 Å². The first-order valence-corrected chi connectivity index (χ1v) is 22.6. The Morgan fingerprint density at radius 1 is 0.221 bits per heavy atom. The lowest BCUT2D eigenvalue weighted by molar-refractivity contribution is 1.10. The smallest absolute Gasteiger partial charge is 0.145 e. The molecule has 13 rings (SSSR count). The number of hydrogen-bond donors (Lipinski definition) is 0. The molecule has 13 aromatic rings. The first kappa shape index (κ1) is 39.0. The number of nitrogens with zero attached hydrogens (tertiary/aromatic N) is 8. The van der Waals surface area contributed by atoms with E-state index in [0.717, 1.165) is 123 Å². The maximum absolute atomic E-state index is 5.41. The first-order chi connectivity index (χ1) is 33.7. The van der Waals surface area contributed by atoms with Gasteiger partial charge in [-0.25, -0.2) is 29.9 Å². The second-order valence-electron chi connectivity index (χ2n) is 16.7. The molecule has 4 aromatic heterocycles. The Kier molecular flexibility index (Phi) is 9.31. The number of aromatic nitrogens is 8. The minimum Gasteiger partial charge on any atom is -0.292 e. The molecule has 0 bridgehead atoms. The highest BCUT2D eigenvalue weighted by molar-refractivity contribution is 5.93. The van der Waals surface area contributed by atoms with Crippen LogP contribution in [0.25, 0.3) is 123 Å². The van der Waals surface area contributed by atoms with Gasteiger partial charge in [0, 0.05) is 44.8 Å². The average molecular weight is 871 g/mol. The highest BCUT2D eigenvalue weighted by atomic mass is 15.1. The van der Waals surface area contributed by atoms with Crippen LogP contribution in [-0.4, -0.2) is 39.0 Å². The molecule has 0 aliphatic heterocycles. The van der Waals surface area contributed by atoms with Crippen molar-refractivity contribution in [1.29, 1.82) is 0 Å². The van der Waals surface area contributed by atoms with Crippen LogP contribution in [0.4, 0.5) is 0 Å². The van der Waals surface area contributed by atoms with Crippen LogP contribution in [0.2, 0.25) is 0 Å². The molecule has 0 atom stereocenters. The summed E-state index contributed by atoms with van der Waals surface area (Å²) in [6.07, 6.45) is 0. The van der Waals surface area contributed by atoms with E-state index in [4.69, 9.17) is 29.9 Å². The standard InChI is InChI=1S/C60H38N8/c1-5-17-39(18-6-1)55-58(64-52-38-44(33-35-47(52)61-55)60-66-50-26-14-16-28-54(50)68(60)46-23-11-4-12-24-46)42-31-29-41(30-32-42)57-56(40-19-7-2-8-20-40)63-51-37-43(34-36-48(51)62-57)59-65-49-25-13-15-27-53(49)67(59)45-21-9-3-10-22-45/h1-38H. The highest BCUT2D eigenvalue weighted by Gasteiger charge is 2.21. The van der Waals surface area contributed by atoms with E-state index in [1.165, 1.54) is 0 Å². The topological polar surface area (TPSA) is 87.2 Å². The van der Waals surface area contributed by atoms with Gasteiger partial charge < -0.3 is 0 Å². The Morgan fingerprint density at radius 2 is 0.529 bits per heavy atom. The third-order valence-corrected chi connectivity index (χ3v) is 12.5. The molecular weight excluding hydrogens is 833 g/mol. The average Bonchev–Trinajstić information content (AvgIpc) is 4.01. The van der Waals surface area contributed by atoms with Gasteiger partial charge >= 0.3 is 0 Å². The van der Waals surface area contributed by atoms with Gasteiger partial charge in [-0.05, 0) is 84.9 Å². The maximum atomic E-state index is 5.41. The third kappa shape index (κ3) is 6.78. The molecule has 0 aliphatic carbocycles. The summed E-state index contributed by atoms with van der Waals surface area (Å²) in [5.74, 6) is 1.69. The Hall–Kier alpha value is -9.40. The molecule has 0 N–H and O–H groups in total. The number of imidazole rings is 2. The zero-order valence-electron chi connectivity index (χ0n) is 36.5. The van der Waals surface area contributed by atoms with E-state index in [0.29, 0.717) is 0 Å². The van der Waals surface area contributed by atoms with E-state index in [1.807, 2.05) is 60.7 Å². The summed E-state index contributed by atoms with van der Waals surface area (Å²) >= 11 is 0. The van der Waals surface area contributed by atoms with E-state index in [2.05, 4.69) is 179 Å². The normalized spacial score (nSPS) is 11.5. The van der Waals surface area contributed by atoms with Gasteiger partial charge in [0.25, 0.3) is 0 Å². The molecule has 0 fully saturated rings. The zero-order valence-corrected chi connectivity index (χ0v) is 36.5. The second kappa shape index (κ2) is 16.2. The van der Waals surface area contributed by atoms with Crippen LogP contribution in [0.3, 0.4) is 0 Å². The van der Waals surface area contributed by atoms with Crippen molar-refractivity contribution in [3.05, 3.63) is 231 Å². The van der Waals surface area contributed by atoms with E-state index in [1.54, 1.807) is 0 Å². The number of hydrogen-bond acceptors (Lipinski definition) is 6. The van der Waals surface area contributed by atoms with Crippen molar-refractivity contribution in [3.63, 3.8) is 0 Å². The second-order valence-corrected chi connectivity index (χ2v) is 16.7. The SMILES string of the molecule is c1ccc(-c2nc3ccc(-c4nc5ccccc5n4-c4ccccc4)cc3nc2-c2ccc(-c3nc4ccc(-c5nc6ccccc6n5-c5ccccc5)cc4nc3-c3ccccc3)cc2)cc1. The Balaban J connectivity index is 0.929. The number of rotatable bonds is 8. The van der Waals surface area contributed by atoms with Gasteiger partial charge in [0.05, 0.1) is 66.9 Å². The molecule has 8 nitrogen and oxygen atoms in total. The van der Waals surface area contributed by atoms with Crippen LogP contribution in [0.1, 0.15) is 0 Å². The third-order valence-electron chi connectivity index (χ3n) is 12.5. The Morgan fingerprint density at radius 3 is 0.926 bits per heavy atom. The fourth-order valence-electron chi connectivity index (χ4n) is 9.29. The van der Waals surface area contributed by atoms with Crippen LogP contribution in [0.5, 0.6) is 0 Å². The van der Waals surface area contributed by atoms with Gasteiger partial charge in [0.1, 0.15) is 11.6 Å². The molecular formula is C60H38N8. The van der Waals surface area contributed by atoms with E-state index in [-0.39, 0.29) is 0 Å². The minimum absolute atomic E-state index is 0.776. The summed E-state index contributed by atoms with van der Waals surface area (Å²) < 4.78 is 4.42. The molecule has 9 aromatic carbocycles. The molecule has 8 heteroatoms. The zero-order chi connectivity index (χ0) is 45.0. The number of para-hydroxylation sites is 6. The van der Waals surface area contributed by atoms with E-state index in [9.17, 15) is 0 Å². The molecule has 0 saturated heterocycles. The lowest BCUT2D eigenvalue weighted by Gasteiger charge is -2.14.